The SMILES string of the molecule is CCCCCC/C=C\CCCCCCCC(=O)OCCCCC/C=C\CCCCCCCC(=O)NC(CO)C(O)CCCCCCCCCCCCCCCCCCCCCCCCCC. The van der Waals surface area contributed by atoms with E-state index in [0.29, 0.717) is 25.9 Å². The summed E-state index contributed by atoms with van der Waals surface area (Å²) in [4.78, 5) is 24.5. The second-order valence-corrected chi connectivity index (χ2v) is 20.3. The Bertz CT molecular complexity index is 1030. The topological polar surface area (TPSA) is 95.9 Å². The van der Waals surface area contributed by atoms with Gasteiger partial charge in [-0.05, 0) is 83.5 Å². The number of esters is 1. The average molecular weight is 931 g/mol. The molecule has 0 aliphatic heterocycles. The molecular formula is C60H115NO5. The van der Waals surface area contributed by atoms with Crippen molar-refractivity contribution in [3.05, 3.63) is 24.3 Å². The van der Waals surface area contributed by atoms with Crippen LogP contribution < -0.4 is 5.32 Å². The Balaban J connectivity index is 3.49. The molecular weight excluding hydrogens is 815 g/mol. The van der Waals surface area contributed by atoms with E-state index in [1.165, 1.54) is 212 Å². The number of ether oxygens (including phenoxy) is 1. The minimum absolute atomic E-state index is 0.0312. The molecule has 0 spiro atoms. The lowest BCUT2D eigenvalue weighted by Crippen LogP contribution is -2.45. The monoisotopic (exact) mass is 930 g/mol. The van der Waals surface area contributed by atoms with Crippen LogP contribution in [0, 0.1) is 0 Å². The van der Waals surface area contributed by atoms with Crippen LogP contribution in [0.25, 0.3) is 0 Å². The van der Waals surface area contributed by atoms with E-state index in [-0.39, 0.29) is 18.5 Å². The van der Waals surface area contributed by atoms with Crippen molar-refractivity contribution in [2.45, 2.75) is 334 Å². The molecule has 0 rings (SSSR count). The maximum atomic E-state index is 12.5. The van der Waals surface area contributed by atoms with E-state index in [9.17, 15) is 19.8 Å². The summed E-state index contributed by atoms with van der Waals surface area (Å²) >= 11 is 0. The van der Waals surface area contributed by atoms with Crippen LogP contribution in [0.3, 0.4) is 0 Å². The molecule has 1 amide bonds. The van der Waals surface area contributed by atoms with Gasteiger partial charge in [0.2, 0.25) is 5.91 Å². The first kappa shape index (κ1) is 64.3. The Morgan fingerprint density at radius 3 is 1.09 bits per heavy atom. The maximum Gasteiger partial charge on any atom is 0.305 e. The summed E-state index contributed by atoms with van der Waals surface area (Å²) in [5, 5.41) is 23.3. The lowest BCUT2D eigenvalue weighted by Gasteiger charge is -2.22. The highest BCUT2D eigenvalue weighted by molar-refractivity contribution is 5.76. The summed E-state index contributed by atoms with van der Waals surface area (Å²) in [5.74, 6) is -0.0894. The molecule has 0 aliphatic carbocycles. The highest BCUT2D eigenvalue weighted by atomic mass is 16.5. The molecule has 0 saturated carbocycles. The lowest BCUT2D eigenvalue weighted by atomic mass is 10.0. The zero-order chi connectivity index (χ0) is 47.9. The van der Waals surface area contributed by atoms with Crippen molar-refractivity contribution in [1.82, 2.24) is 5.32 Å². The Kier molecular flexibility index (Phi) is 54.5. The lowest BCUT2D eigenvalue weighted by molar-refractivity contribution is -0.143. The fraction of sp³-hybridized carbons (Fsp3) is 0.900. The van der Waals surface area contributed by atoms with E-state index < -0.39 is 12.1 Å². The summed E-state index contributed by atoms with van der Waals surface area (Å²) in [7, 11) is 0. The number of unbranched alkanes of at least 4 members (excludes halogenated alkanes) is 40. The van der Waals surface area contributed by atoms with Crippen LogP contribution in [0.4, 0.5) is 0 Å². The number of carbonyl (C=O) groups excluding carboxylic acids is 2. The van der Waals surface area contributed by atoms with Gasteiger partial charge < -0.3 is 20.3 Å². The second kappa shape index (κ2) is 55.9. The number of rotatable bonds is 55. The highest BCUT2D eigenvalue weighted by Gasteiger charge is 2.20. The first-order valence-corrected chi connectivity index (χ1v) is 29.6. The minimum atomic E-state index is -0.682. The van der Waals surface area contributed by atoms with Crippen LogP contribution in [-0.2, 0) is 14.3 Å². The molecule has 390 valence electrons. The second-order valence-electron chi connectivity index (χ2n) is 20.3. The van der Waals surface area contributed by atoms with Gasteiger partial charge >= 0.3 is 5.97 Å². The summed E-state index contributed by atoms with van der Waals surface area (Å²) < 4.78 is 5.44. The highest BCUT2D eigenvalue weighted by Crippen LogP contribution is 2.17. The van der Waals surface area contributed by atoms with Crippen LogP contribution in [0.1, 0.15) is 322 Å². The quantitative estimate of drug-likeness (QED) is 0.0321. The molecule has 6 heteroatoms. The molecule has 6 nitrogen and oxygen atoms in total. The summed E-state index contributed by atoms with van der Waals surface area (Å²) in [5.41, 5.74) is 0. The number of carbonyl (C=O) groups is 2. The van der Waals surface area contributed by atoms with Gasteiger partial charge in [0.05, 0.1) is 25.4 Å². The molecule has 0 fully saturated rings. The molecule has 3 N–H and O–H groups in total. The van der Waals surface area contributed by atoms with Gasteiger partial charge in [0.1, 0.15) is 0 Å². The number of hydrogen-bond donors (Lipinski definition) is 3. The standard InChI is InChI=1S/C60H115NO5/c1-3-5-7-9-11-13-15-17-18-19-20-21-22-23-24-25-26-27-29-32-36-40-44-48-52-58(63)57(56-62)61-59(64)53-49-45-41-37-33-30-31-35-39-43-47-51-55-66-60(65)54-50-46-42-38-34-28-16-14-12-10-8-6-4-2/h14,16,31,35,57-58,62-63H,3-13,15,17-30,32-34,36-56H2,1-2H3,(H,61,64)/b16-14-,35-31-. The first-order chi connectivity index (χ1) is 32.5. The Hall–Kier alpha value is -1.66. The van der Waals surface area contributed by atoms with E-state index >= 15 is 0 Å². The molecule has 66 heavy (non-hydrogen) atoms. The van der Waals surface area contributed by atoms with Crippen molar-refractivity contribution in [3.8, 4) is 0 Å². The van der Waals surface area contributed by atoms with E-state index in [0.717, 1.165) is 77.0 Å². The van der Waals surface area contributed by atoms with Crippen molar-refractivity contribution < 1.29 is 24.5 Å². The van der Waals surface area contributed by atoms with Crippen molar-refractivity contribution in [1.29, 1.82) is 0 Å². The van der Waals surface area contributed by atoms with Crippen LogP contribution in [0.5, 0.6) is 0 Å². The van der Waals surface area contributed by atoms with E-state index in [1.54, 1.807) is 0 Å². The van der Waals surface area contributed by atoms with Crippen molar-refractivity contribution >= 4 is 11.9 Å². The predicted octanol–water partition coefficient (Wildman–Crippen LogP) is 18.2. The fourth-order valence-corrected chi connectivity index (χ4v) is 9.16. The third kappa shape index (κ3) is 51.7. The molecule has 0 heterocycles. The molecule has 0 radical (unpaired) electrons. The number of aliphatic hydroxyl groups excluding tert-OH is 2. The van der Waals surface area contributed by atoms with Crippen molar-refractivity contribution in [3.63, 3.8) is 0 Å². The Morgan fingerprint density at radius 1 is 0.409 bits per heavy atom. The summed E-state index contributed by atoms with van der Waals surface area (Å²) in [6.07, 6.45) is 67.5. The zero-order valence-electron chi connectivity index (χ0n) is 44.4. The molecule has 0 aromatic heterocycles. The summed E-state index contributed by atoms with van der Waals surface area (Å²) in [6.45, 7) is 4.89. The van der Waals surface area contributed by atoms with Gasteiger partial charge in [-0.3, -0.25) is 9.59 Å². The van der Waals surface area contributed by atoms with E-state index in [4.69, 9.17) is 4.74 Å². The van der Waals surface area contributed by atoms with Crippen molar-refractivity contribution in [2.75, 3.05) is 13.2 Å². The van der Waals surface area contributed by atoms with Crippen LogP contribution in [0.15, 0.2) is 24.3 Å². The molecule has 2 atom stereocenters. The van der Waals surface area contributed by atoms with Crippen LogP contribution in [0.2, 0.25) is 0 Å². The Morgan fingerprint density at radius 2 is 0.712 bits per heavy atom. The largest absolute Gasteiger partial charge is 0.466 e. The fourth-order valence-electron chi connectivity index (χ4n) is 9.16. The third-order valence-corrected chi connectivity index (χ3v) is 13.7. The molecule has 0 aliphatic rings. The molecule has 0 aromatic rings. The smallest absolute Gasteiger partial charge is 0.305 e. The number of allylic oxidation sites excluding steroid dienone is 4. The van der Waals surface area contributed by atoms with Crippen LogP contribution >= 0.6 is 0 Å². The average Bonchev–Trinajstić information content (AvgIpc) is 3.32. The van der Waals surface area contributed by atoms with Gasteiger partial charge in [0, 0.05) is 12.8 Å². The van der Waals surface area contributed by atoms with Gasteiger partial charge in [-0.2, -0.15) is 0 Å². The van der Waals surface area contributed by atoms with Gasteiger partial charge in [0.15, 0.2) is 0 Å². The number of aliphatic hydroxyl groups is 2. The van der Waals surface area contributed by atoms with Gasteiger partial charge in [-0.15, -0.1) is 0 Å². The molecule has 2 unspecified atom stereocenters. The normalized spacial score (nSPS) is 12.7. The third-order valence-electron chi connectivity index (χ3n) is 13.7. The van der Waals surface area contributed by atoms with E-state index in [1.807, 2.05) is 0 Å². The number of hydrogen-bond acceptors (Lipinski definition) is 5. The number of nitrogens with one attached hydrogen (secondary N) is 1. The predicted molar refractivity (Wildman–Crippen MR) is 287 cm³/mol. The van der Waals surface area contributed by atoms with Gasteiger partial charge in [-0.25, -0.2) is 0 Å². The van der Waals surface area contributed by atoms with E-state index in [2.05, 4.69) is 43.5 Å². The maximum absolute atomic E-state index is 12.5. The van der Waals surface area contributed by atoms with Gasteiger partial charge in [-0.1, -0.05) is 250 Å². The van der Waals surface area contributed by atoms with Gasteiger partial charge in [0.25, 0.3) is 0 Å². The zero-order valence-corrected chi connectivity index (χ0v) is 44.4. The minimum Gasteiger partial charge on any atom is -0.466 e. The molecule has 0 bridgehead atoms. The van der Waals surface area contributed by atoms with Crippen molar-refractivity contribution in [2.24, 2.45) is 0 Å². The summed E-state index contributed by atoms with van der Waals surface area (Å²) in [6, 6.07) is -0.561. The Labute approximate surface area is 411 Å². The van der Waals surface area contributed by atoms with Crippen LogP contribution in [-0.4, -0.2) is 47.4 Å². The number of amides is 1. The first-order valence-electron chi connectivity index (χ1n) is 29.6. The molecule has 0 aromatic carbocycles. The molecule has 0 saturated heterocycles.